The molecule has 7 nitrogen and oxygen atoms in total. The lowest BCUT2D eigenvalue weighted by molar-refractivity contribution is 0.0527. The van der Waals surface area contributed by atoms with Crippen LogP contribution in [-0.2, 0) is 11.3 Å². The molecule has 8 heteroatoms. The normalized spacial score (nSPS) is 12.5. The SMILES string of the molecule is CCOC(=O)c1cnn(Cc2cc3c(cc2Cl)OCO3)c1N. The van der Waals surface area contributed by atoms with Crippen molar-refractivity contribution in [2.75, 3.05) is 19.1 Å². The fourth-order valence-electron chi connectivity index (χ4n) is 2.13. The summed E-state index contributed by atoms with van der Waals surface area (Å²) >= 11 is 6.22. The van der Waals surface area contributed by atoms with Gasteiger partial charge in [-0.2, -0.15) is 5.10 Å². The van der Waals surface area contributed by atoms with E-state index in [0.717, 1.165) is 5.56 Å². The molecular formula is C14H14ClN3O4. The first-order valence-corrected chi connectivity index (χ1v) is 7.04. The standard InChI is InChI=1S/C14H14ClN3O4/c1-2-20-14(19)9-5-17-18(13(9)16)6-8-3-11-12(4-10(8)15)22-7-21-11/h3-5H,2,6-7,16H2,1H3. The van der Waals surface area contributed by atoms with Gasteiger partial charge in [0.15, 0.2) is 11.5 Å². The van der Waals surface area contributed by atoms with Crippen molar-refractivity contribution in [2.24, 2.45) is 0 Å². The smallest absolute Gasteiger partial charge is 0.343 e. The van der Waals surface area contributed by atoms with E-state index in [2.05, 4.69) is 5.10 Å². The molecule has 0 aliphatic carbocycles. The number of aromatic nitrogens is 2. The number of carbonyl (C=O) groups excluding carboxylic acids is 1. The molecule has 0 saturated carbocycles. The molecule has 0 amide bonds. The number of hydrogen-bond acceptors (Lipinski definition) is 6. The monoisotopic (exact) mass is 323 g/mol. The van der Waals surface area contributed by atoms with Crippen LogP contribution in [0.2, 0.25) is 5.02 Å². The van der Waals surface area contributed by atoms with Crippen LogP contribution < -0.4 is 15.2 Å². The number of nitrogens with zero attached hydrogens (tertiary/aromatic N) is 2. The molecule has 3 rings (SSSR count). The highest BCUT2D eigenvalue weighted by molar-refractivity contribution is 6.31. The van der Waals surface area contributed by atoms with Gasteiger partial charge >= 0.3 is 5.97 Å². The molecule has 1 aromatic heterocycles. The van der Waals surface area contributed by atoms with Gasteiger partial charge in [0.1, 0.15) is 11.4 Å². The summed E-state index contributed by atoms with van der Waals surface area (Å²) in [7, 11) is 0. The van der Waals surface area contributed by atoms with Crippen molar-refractivity contribution in [1.82, 2.24) is 9.78 Å². The van der Waals surface area contributed by atoms with Crippen molar-refractivity contribution in [1.29, 1.82) is 0 Å². The predicted octanol–water partition coefficient (Wildman–Crippen LogP) is 2.07. The molecule has 0 spiro atoms. The van der Waals surface area contributed by atoms with Gasteiger partial charge in [0.05, 0.1) is 19.3 Å². The van der Waals surface area contributed by atoms with Crippen LogP contribution in [0.5, 0.6) is 11.5 Å². The lowest BCUT2D eigenvalue weighted by atomic mass is 10.2. The number of fused-ring (bicyclic) bond motifs is 1. The molecule has 116 valence electrons. The molecule has 0 saturated heterocycles. The zero-order valence-corrected chi connectivity index (χ0v) is 12.6. The van der Waals surface area contributed by atoms with Crippen LogP contribution >= 0.6 is 11.6 Å². The number of esters is 1. The van der Waals surface area contributed by atoms with Crippen LogP contribution in [0.1, 0.15) is 22.8 Å². The van der Waals surface area contributed by atoms with Crippen molar-refractivity contribution < 1.29 is 19.0 Å². The fourth-order valence-corrected chi connectivity index (χ4v) is 2.34. The third-order valence-electron chi connectivity index (χ3n) is 3.24. The molecule has 0 fully saturated rings. The van der Waals surface area contributed by atoms with Crippen LogP contribution in [-0.4, -0.2) is 29.1 Å². The average molecular weight is 324 g/mol. The average Bonchev–Trinajstić information content (AvgIpc) is 3.07. The summed E-state index contributed by atoms with van der Waals surface area (Å²) < 4.78 is 17.0. The lowest BCUT2D eigenvalue weighted by Gasteiger charge is -2.08. The topological polar surface area (TPSA) is 88.6 Å². The van der Waals surface area contributed by atoms with E-state index in [1.54, 1.807) is 19.1 Å². The summed E-state index contributed by atoms with van der Waals surface area (Å²) in [6, 6.07) is 3.46. The van der Waals surface area contributed by atoms with E-state index in [0.29, 0.717) is 23.1 Å². The van der Waals surface area contributed by atoms with Crippen molar-refractivity contribution >= 4 is 23.4 Å². The molecule has 1 aromatic carbocycles. The summed E-state index contributed by atoms with van der Waals surface area (Å²) in [6.45, 7) is 2.48. The molecule has 1 aliphatic rings. The van der Waals surface area contributed by atoms with Gasteiger partial charge in [-0.25, -0.2) is 9.48 Å². The first-order valence-electron chi connectivity index (χ1n) is 6.66. The summed E-state index contributed by atoms with van der Waals surface area (Å²) in [6.07, 6.45) is 1.38. The first-order chi connectivity index (χ1) is 10.6. The highest BCUT2D eigenvalue weighted by Gasteiger charge is 2.19. The number of nitrogens with two attached hydrogens (primary N) is 1. The summed E-state index contributed by atoms with van der Waals surface area (Å²) in [5, 5.41) is 4.62. The van der Waals surface area contributed by atoms with Gasteiger partial charge < -0.3 is 19.9 Å². The van der Waals surface area contributed by atoms with Gasteiger partial charge in [0, 0.05) is 11.1 Å². The zero-order chi connectivity index (χ0) is 15.7. The van der Waals surface area contributed by atoms with Crippen LogP contribution in [0.4, 0.5) is 5.82 Å². The number of anilines is 1. The van der Waals surface area contributed by atoms with Crippen molar-refractivity contribution in [2.45, 2.75) is 13.5 Å². The Morgan fingerprint density at radius 2 is 2.18 bits per heavy atom. The molecule has 2 heterocycles. The van der Waals surface area contributed by atoms with E-state index in [9.17, 15) is 4.79 Å². The van der Waals surface area contributed by atoms with Crippen LogP contribution in [0.15, 0.2) is 18.3 Å². The Morgan fingerprint density at radius 3 is 2.91 bits per heavy atom. The van der Waals surface area contributed by atoms with Crippen LogP contribution in [0.3, 0.4) is 0 Å². The number of carbonyl (C=O) groups is 1. The maximum Gasteiger partial charge on any atom is 0.343 e. The molecule has 1 aliphatic heterocycles. The van der Waals surface area contributed by atoms with Crippen molar-refractivity contribution in [3.05, 3.63) is 34.5 Å². The number of halogens is 1. The third-order valence-corrected chi connectivity index (χ3v) is 3.59. The Hall–Kier alpha value is -2.41. The van der Waals surface area contributed by atoms with Gasteiger partial charge in [0.25, 0.3) is 0 Å². The van der Waals surface area contributed by atoms with Gasteiger partial charge in [0.2, 0.25) is 6.79 Å². The van der Waals surface area contributed by atoms with E-state index < -0.39 is 5.97 Å². The molecule has 0 radical (unpaired) electrons. The van der Waals surface area contributed by atoms with Gasteiger partial charge in [-0.15, -0.1) is 0 Å². The second-order valence-electron chi connectivity index (χ2n) is 4.62. The highest BCUT2D eigenvalue weighted by atomic mass is 35.5. The number of nitrogen functional groups attached to an aromatic ring is 1. The van der Waals surface area contributed by atoms with E-state index in [4.69, 9.17) is 31.5 Å². The molecule has 0 atom stereocenters. The molecule has 0 bridgehead atoms. The quantitative estimate of drug-likeness (QED) is 0.866. The maximum absolute atomic E-state index is 11.7. The number of benzene rings is 1. The Kier molecular flexibility index (Phi) is 3.81. The Labute approximate surface area is 131 Å². The second-order valence-corrected chi connectivity index (χ2v) is 5.03. The Balaban J connectivity index is 1.87. The largest absolute Gasteiger partial charge is 0.462 e. The van der Waals surface area contributed by atoms with Crippen LogP contribution in [0.25, 0.3) is 0 Å². The van der Waals surface area contributed by atoms with E-state index in [1.807, 2.05) is 0 Å². The van der Waals surface area contributed by atoms with E-state index in [-0.39, 0.29) is 24.8 Å². The molecule has 0 unspecified atom stereocenters. The minimum absolute atomic E-state index is 0.173. The van der Waals surface area contributed by atoms with Gasteiger partial charge in [-0.05, 0) is 18.6 Å². The Bertz CT molecular complexity index is 729. The molecule has 22 heavy (non-hydrogen) atoms. The van der Waals surface area contributed by atoms with E-state index in [1.165, 1.54) is 10.9 Å². The summed E-state index contributed by atoms with van der Waals surface area (Å²) in [5.41, 5.74) is 6.94. The predicted molar refractivity (Wildman–Crippen MR) is 79.3 cm³/mol. The van der Waals surface area contributed by atoms with Crippen LogP contribution in [0, 0.1) is 0 Å². The highest BCUT2D eigenvalue weighted by Crippen LogP contribution is 2.37. The lowest BCUT2D eigenvalue weighted by Crippen LogP contribution is -2.10. The minimum Gasteiger partial charge on any atom is -0.462 e. The summed E-state index contributed by atoms with van der Waals surface area (Å²) in [5.74, 6) is 0.959. The molecule has 2 aromatic rings. The van der Waals surface area contributed by atoms with Gasteiger partial charge in [-0.3, -0.25) is 0 Å². The Morgan fingerprint density at radius 1 is 1.45 bits per heavy atom. The zero-order valence-electron chi connectivity index (χ0n) is 11.8. The third kappa shape index (κ3) is 2.55. The van der Waals surface area contributed by atoms with Crippen molar-refractivity contribution in [3.63, 3.8) is 0 Å². The van der Waals surface area contributed by atoms with Crippen molar-refractivity contribution in [3.8, 4) is 11.5 Å². The minimum atomic E-state index is -0.497. The van der Waals surface area contributed by atoms with Gasteiger partial charge in [-0.1, -0.05) is 11.6 Å². The summed E-state index contributed by atoms with van der Waals surface area (Å²) in [4.78, 5) is 11.7. The second kappa shape index (κ2) is 5.76. The first kappa shape index (κ1) is 14.5. The molecular weight excluding hydrogens is 310 g/mol. The van der Waals surface area contributed by atoms with E-state index >= 15 is 0 Å². The number of rotatable bonds is 4. The number of ether oxygens (including phenoxy) is 3. The number of hydrogen-bond donors (Lipinski definition) is 1. The molecule has 2 N–H and O–H groups in total. The fraction of sp³-hybridized carbons (Fsp3) is 0.286. The maximum atomic E-state index is 11.7.